The Morgan fingerprint density at radius 2 is 2.27 bits per heavy atom. The summed E-state index contributed by atoms with van der Waals surface area (Å²) in [6, 6.07) is 4.57. The largest absolute Gasteiger partial charge is 0.441 e. The lowest BCUT2D eigenvalue weighted by Gasteiger charge is -2.28. The molecule has 1 saturated heterocycles. The van der Waals surface area contributed by atoms with Crippen molar-refractivity contribution in [3.05, 3.63) is 24.0 Å². The number of hydrogen-bond acceptors (Lipinski definition) is 6. The van der Waals surface area contributed by atoms with Crippen LogP contribution in [0.3, 0.4) is 0 Å². The lowest BCUT2D eigenvalue weighted by atomic mass is 10.2. The maximum absolute atomic E-state index is 14.3. The van der Waals surface area contributed by atoms with Crippen LogP contribution in [0.2, 0.25) is 0 Å². The molecule has 0 saturated carbocycles. The van der Waals surface area contributed by atoms with Gasteiger partial charge in [0.1, 0.15) is 18.3 Å². The number of hydrazone groups is 1. The van der Waals surface area contributed by atoms with Gasteiger partial charge in [-0.1, -0.05) is 0 Å². The van der Waals surface area contributed by atoms with Gasteiger partial charge in [-0.2, -0.15) is 5.10 Å². The van der Waals surface area contributed by atoms with Gasteiger partial charge in [0, 0.05) is 13.6 Å². The van der Waals surface area contributed by atoms with Crippen molar-refractivity contribution in [3.8, 4) is 0 Å². The molecule has 0 unspecified atom stereocenters. The quantitative estimate of drug-likeness (QED) is 0.896. The Morgan fingerprint density at radius 1 is 1.45 bits per heavy atom. The fourth-order valence-electron chi connectivity index (χ4n) is 2.43. The average molecular weight is 308 g/mol. The highest BCUT2D eigenvalue weighted by Crippen LogP contribution is 2.27. The van der Waals surface area contributed by atoms with Gasteiger partial charge in [0.2, 0.25) is 0 Å². The monoisotopic (exact) mass is 308 g/mol. The summed E-state index contributed by atoms with van der Waals surface area (Å²) in [6.45, 7) is 1.30. The highest BCUT2D eigenvalue weighted by Gasteiger charge is 2.32. The molecule has 118 valence electrons. The molecule has 2 aliphatic rings. The third-order valence-corrected chi connectivity index (χ3v) is 3.68. The molecule has 1 fully saturated rings. The zero-order valence-electron chi connectivity index (χ0n) is 12.1. The predicted molar refractivity (Wildman–Crippen MR) is 79.6 cm³/mol. The molecule has 1 aromatic rings. The third-order valence-electron chi connectivity index (χ3n) is 3.68. The van der Waals surface area contributed by atoms with Crippen LogP contribution in [0.4, 0.5) is 20.6 Å². The molecule has 2 heterocycles. The van der Waals surface area contributed by atoms with Crippen LogP contribution < -0.4 is 9.80 Å². The van der Waals surface area contributed by atoms with Gasteiger partial charge in [-0.15, -0.1) is 0 Å². The molecule has 0 spiro atoms. The van der Waals surface area contributed by atoms with E-state index in [1.165, 1.54) is 11.0 Å². The van der Waals surface area contributed by atoms with Gasteiger partial charge in [0.15, 0.2) is 0 Å². The van der Waals surface area contributed by atoms with E-state index in [-0.39, 0.29) is 13.2 Å². The minimum Gasteiger partial charge on any atom is -0.441 e. The van der Waals surface area contributed by atoms with Crippen LogP contribution in [-0.4, -0.2) is 61.9 Å². The highest BCUT2D eigenvalue weighted by molar-refractivity contribution is 5.90. The normalized spacial score (nSPS) is 21.5. The Morgan fingerprint density at radius 3 is 2.86 bits per heavy atom. The lowest BCUT2D eigenvalue weighted by molar-refractivity contribution is 0.0963. The second-order valence-corrected chi connectivity index (χ2v) is 5.24. The molecular weight excluding hydrogens is 291 g/mol. The molecule has 1 atom stereocenters. The number of aliphatic hydroxyl groups excluding tert-OH is 1. The summed E-state index contributed by atoms with van der Waals surface area (Å²) in [6.07, 6.45) is 0.431. The van der Waals surface area contributed by atoms with Crippen LogP contribution in [0.25, 0.3) is 0 Å². The summed E-state index contributed by atoms with van der Waals surface area (Å²) in [7, 11) is 1.85. The van der Waals surface area contributed by atoms with Crippen LogP contribution >= 0.6 is 0 Å². The number of aliphatic hydroxyl groups is 1. The van der Waals surface area contributed by atoms with Gasteiger partial charge < -0.3 is 14.7 Å². The molecule has 1 N–H and O–H groups in total. The van der Waals surface area contributed by atoms with E-state index in [9.17, 15) is 9.18 Å². The van der Waals surface area contributed by atoms with Crippen molar-refractivity contribution in [3.63, 3.8) is 0 Å². The van der Waals surface area contributed by atoms with Crippen LogP contribution in [0.1, 0.15) is 0 Å². The molecule has 8 heteroatoms. The summed E-state index contributed by atoms with van der Waals surface area (Å²) in [5, 5.41) is 14.9. The van der Waals surface area contributed by atoms with Crippen molar-refractivity contribution in [2.24, 2.45) is 5.10 Å². The van der Waals surface area contributed by atoms with Gasteiger partial charge in [-0.25, -0.2) is 9.18 Å². The zero-order chi connectivity index (χ0) is 15.7. The first kappa shape index (κ1) is 14.6. The van der Waals surface area contributed by atoms with Crippen LogP contribution in [0.5, 0.6) is 0 Å². The van der Waals surface area contributed by atoms with Gasteiger partial charge in [0.25, 0.3) is 0 Å². The minimum absolute atomic E-state index is 0.212. The van der Waals surface area contributed by atoms with Gasteiger partial charge in [0.05, 0.1) is 31.1 Å². The third kappa shape index (κ3) is 2.69. The molecule has 0 radical (unpaired) electrons. The Balaban J connectivity index is 1.81. The first-order valence-electron chi connectivity index (χ1n) is 6.99. The number of anilines is 2. The first-order chi connectivity index (χ1) is 10.6. The fourth-order valence-corrected chi connectivity index (χ4v) is 2.43. The number of likely N-dealkylation sites (N-methyl/N-ethyl adjacent to an activating group) is 1. The van der Waals surface area contributed by atoms with E-state index in [1.54, 1.807) is 28.4 Å². The SMILES string of the molecule is CN1CCN(c2ccc(N3C[C@H](CO)OC3=O)cc2F)C=N1. The maximum atomic E-state index is 14.3. The van der Waals surface area contributed by atoms with Crippen LogP contribution in [0, 0.1) is 5.82 Å². The zero-order valence-corrected chi connectivity index (χ0v) is 12.1. The number of benzene rings is 1. The van der Waals surface area contributed by atoms with Crippen molar-refractivity contribution < 1.29 is 19.0 Å². The molecule has 0 aromatic heterocycles. The molecule has 0 bridgehead atoms. The molecular formula is C14H17FN4O3. The van der Waals surface area contributed by atoms with E-state index >= 15 is 0 Å². The van der Waals surface area contributed by atoms with Crippen molar-refractivity contribution in [2.75, 3.05) is 43.1 Å². The predicted octanol–water partition coefficient (Wildman–Crippen LogP) is 0.838. The minimum atomic E-state index is -0.577. The van der Waals surface area contributed by atoms with E-state index in [2.05, 4.69) is 5.10 Å². The Hall–Kier alpha value is -2.35. The Labute approximate surface area is 127 Å². The number of amides is 1. The second kappa shape index (κ2) is 5.80. The summed E-state index contributed by atoms with van der Waals surface area (Å²) in [5.41, 5.74) is 0.820. The number of halogens is 1. The lowest BCUT2D eigenvalue weighted by Crippen LogP contribution is -2.36. The molecule has 1 aromatic carbocycles. The smallest absolute Gasteiger partial charge is 0.414 e. The topological polar surface area (TPSA) is 68.6 Å². The number of carbonyl (C=O) groups excluding carboxylic acids is 1. The van der Waals surface area contributed by atoms with Crippen molar-refractivity contribution in [2.45, 2.75) is 6.10 Å². The van der Waals surface area contributed by atoms with E-state index in [1.807, 2.05) is 7.05 Å². The summed E-state index contributed by atoms with van der Waals surface area (Å²) < 4.78 is 19.3. The number of rotatable bonds is 3. The number of cyclic esters (lactones) is 1. The van der Waals surface area contributed by atoms with Crippen molar-refractivity contribution in [1.29, 1.82) is 0 Å². The number of carbonyl (C=O) groups is 1. The number of ether oxygens (including phenoxy) is 1. The van der Waals surface area contributed by atoms with Gasteiger partial charge >= 0.3 is 6.09 Å². The Kier molecular flexibility index (Phi) is 3.84. The van der Waals surface area contributed by atoms with Crippen molar-refractivity contribution in [1.82, 2.24) is 5.01 Å². The number of hydrogen-bond donors (Lipinski definition) is 1. The van der Waals surface area contributed by atoms with Gasteiger partial charge in [-0.05, 0) is 18.2 Å². The molecule has 0 aliphatic carbocycles. The fraction of sp³-hybridized carbons (Fsp3) is 0.429. The van der Waals surface area contributed by atoms with E-state index in [0.717, 1.165) is 0 Å². The Bertz CT molecular complexity index is 610. The molecule has 22 heavy (non-hydrogen) atoms. The molecule has 2 aliphatic heterocycles. The molecule has 3 rings (SSSR count). The standard InChI is InChI=1S/C14H17FN4O3/c1-17-4-5-18(9-16-17)13-3-2-10(6-12(13)15)19-7-11(8-20)22-14(19)21/h2-3,6,9,11,20H,4-5,7-8H2,1H3/t11-/m1/s1. The summed E-state index contributed by atoms with van der Waals surface area (Å²) in [4.78, 5) is 14.7. The average Bonchev–Trinajstić information content (AvgIpc) is 2.89. The maximum Gasteiger partial charge on any atom is 0.414 e. The van der Waals surface area contributed by atoms with Crippen LogP contribution in [-0.2, 0) is 4.74 Å². The number of nitrogens with zero attached hydrogens (tertiary/aromatic N) is 4. The van der Waals surface area contributed by atoms with E-state index in [4.69, 9.17) is 9.84 Å². The second-order valence-electron chi connectivity index (χ2n) is 5.24. The van der Waals surface area contributed by atoms with E-state index in [0.29, 0.717) is 24.5 Å². The van der Waals surface area contributed by atoms with E-state index < -0.39 is 18.0 Å². The van der Waals surface area contributed by atoms with Crippen LogP contribution in [0.15, 0.2) is 23.3 Å². The summed E-state index contributed by atoms with van der Waals surface area (Å²) in [5.74, 6) is -0.436. The van der Waals surface area contributed by atoms with Gasteiger partial charge in [-0.3, -0.25) is 9.91 Å². The molecule has 1 amide bonds. The first-order valence-corrected chi connectivity index (χ1v) is 6.99. The molecule has 7 nitrogen and oxygen atoms in total. The highest BCUT2D eigenvalue weighted by atomic mass is 19.1. The summed E-state index contributed by atoms with van der Waals surface area (Å²) >= 11 is 0. The van der Waals surface area contributed by atoms with Crippen molar-refractivity contribution >= 4 is 23.8 Å².